The molecule has 15 heavy (non-hydrogen) atoms. The molecule has 1 heteroatoms. The smallest absolute Gasteiger partial charge is 0.0248 e. The molecule has 82 valence electrons. The van der Waals surface area contributed by atoms with E-state index in [9.17, 15) is 0 Å². The zero-order valence-electron chi connectivity index (χ0n) is 10.4. The van der Waals surface area contributed by atoms with Gasteiger partial charge >= 0.3 is 0 Å². The van der Waals surface area contributed by atoms with E-state index in [1.807, 2.05) is 7.05 Å². The topological polar surface area (TPSA) is 12.0 Å². The van der Waals surface area contributed by atoms with E-state index in [4.69, 9.17) is 0 Å². The summed E-state index contributed by atoms with van der Waals surface area (Å²) >= 11 is 0. The van der Waals surface area contributed by atoms with Crippen molar-refractivity contribution < 1.29 is 0 Å². The van der Waals surface area contributed by atoms with Crippen molar-refractivity contribution in [1.29, 1.82) is 0 Å². The predicted octanol–water partition coefficient (Wildman–Crippen LogP) is 3.31. The first-order valence-electron chi connectivity index (χ1n) is 5.47. The number of benzene rings is 1. The van der Waals surface area contributed by atoms with Crippen LogP contribution in [0.5, 0.6) is 0 Å². The van der Waals surface area contributed by atoms with E-state index >= 15 is 0 Å². The summed E-state index contributed by atoms with van der Waals surface area (Å²) in [5.41, 5.74) is 5.36. The maximum atomic E-state index is 3.24. The highest BCUT2D eigenvalue weighted by Gasteiger charge is 2.00. The Labute approximate surface area is 93.2 Å². The highest BCUT2D eigenvalue weighted by Crippen LogP contribution is 2.14. The summed E-state index contributed by atoms with van der Waals surface area (Å²) in [6.07, 6.45) is 2.24. The van der Waals surface area contributed by atoms with Crippen molar-refractivity contribution in [1.82, 2.24) is 5.32 Å². The molecule has 1 nitrogen and oxygen atoms in total. The molecule has 1 N–H and O–H groups in total. The van der Waals surface area contributed by atoms with E-state index < -0.39 is 0 Å². The number of hydrogen-bond donors (Lipinski definition) is 1. The Kier molecular flexibility index (Phi) is 4.10. The van der Waals surface area contributed by atoms with Crippen molar-refractivity contribution in [2.75, 3.05) is 7.05 Å². The van der Waals surface area contributed by atoms with E-state index in [0.29, 0.717) is 6.04 Å². The van der Waals surface area contributed by atoms with Crippen LogP contribution in [-0.4, -0.2) is 13.1 Å². The number of hydrogen-bond acceptors (Lipinski definition) is 1. The number of nitrogens with one attached hydrogen (secondary N) is 1. The van der Waals surface area contributed by atoms with Crippen molar-refractivity contribution in [2.45, 2.75) is 33.7 Å². The van der Waals surface area contributed by atoms with E-state index in [0.717, 1.165) is 0 Å². The van der Waals surface area contributed by atoms with Gasteiger partial charge in [0.15, 0.2) is 0 Å². The molecule has 0 aliphatic carbocycles. The lowest BCUT2D eigenvalue weighted by Crippen LogP contribution is -2.21. The van der Waals surface area contributed by atoms with Crippen LogP contribution in [-0.2, 0) is 0 Å². The second-order valence-corrected chi connectivity index (χ2v) is 4.24. The van der Waals surface area contributed by atoms with Gasteiger partial charge in [-0.15, -0.1) is 0 Å². The first kappa shape index (κ1) is 12.0. The van der Waals surface area contributed by atoms with Crippen LogP contribution in [0.4, 0.5) is 0 Å². The summed E-state index contributed by atoms with van der Waals surface area (Å²) in [6, 6.07) is 7.03. The fourth-order valence-corrected chi connectivity index (χ4v) is 1.47. The monoisotopic (exact) mass is 203 g/mol. The van der Waals surface area contributed by atoms with Gasteiger partial charge in [-0.25, -0.2) is 0 Å². The molecule has 0 radical (unpaired) electrons. The van der Waals surface area contributed by atoms with Gasteiger partial charge in [0.05, 0.1) is 0 Å². The minimum absolute atomic E-state index is 0.437. The SMILES string of the molecule is CNC(C)/C(C)=C/c1ccc(C)c(C)c1. The second kappa shape index (κ2) is 5.13. The molecular weight excluding hydrogens is 182 g/mol. The van der Waals surface area contributed by atoms with Gasteiger partial charge in [0.1, 0.15) is 0 Å². The number of rotatable bonds is 3. The maximum absolute atomic E-state index is 3.24. The lowest BCUT2D eigenvalue weighted by Gasteiger charge is -2.11. The first-order chi connectivity index (χ1) is 7.04. The summed E-state index contributed by atoms with van der Waals surface area (Å²) in [7, 11) is 1.99. The third kappa shape index (κ3) is 3.21. The Morgan fingerprint density at radius 3 is 2.47 bits per heavy atom. The van der Waals surface area contributed by atoms with Crippen LogP contribution in [0.3, 0.4) is 0 Å². The van der Waals surface area contributed by atoms with Crippen LogP contribution in [0.1, 0.15) is 30.5 Å². The summed E-state index contributed by atoms with van der Waals surface area (Å²) in [5, 5.41) is 3.24. The molecule has 0 aromatic heterocycles. The average molecular weight is 203 g/mol. The highest BCUT2D eigenvalue weighted by atomic mass is 14.8. The van der Waals surface area contributed by atoms with Crippen molar-refractivity contribution in [3.63, 3.8) is 0 Å². The van der Waals surface area contributed by atoms with Gasteiger partial charge in [0.25, 0.3) is 0 Å². The molecule has 0 saturated heterocycles. The standard InChI is InChI=1S/C14H21N/c1-10-6-7-14(8-11(10)2)9-12(3)13(4)15-5/h6-9,13,15H,1-5H3/b12-9+. The molecule has 0 amide bonds. The highest BCUT2D eigenvalue weighted by molar-refractivity contribution is 5.55. The van der Waals surface area contributed by atoms with E-state index in [1.165, 1.54) is 22.3 Å². The molecule has 0 aliphatic rings. The van der Waals surface area contributed by atoms with E-state index in [-0.39, 0.29) is 0 Å². The molecule has 0 bridgehead atoms. The van der Waals surface area contributed by atoms with Gasteiger partial charge in [-0.1, -0.05) is 29.8 Å². The minimum atomic E-state index is 0.437. The minimum Gasteiger partial charge on any atom is -0.314 e. The third-order valence-electron chi connectivity index (χ3n) is 3.04. The van der Waals surface area contributed by atoms with Crippen LogP contribution in [0.2, 0.25) is 0 Å². The van der Waals surface area contributed by atoms with Gasteiger partial charge in [0.2, 0.25) is 0 Å². The van der Waals surface area contributed by atoms with Gasteiger partial charge in [-0.2, -0.15) is 0 Å². The van der Waals surface area contributed by atoms with Crippen LogP contribution in [0.25, 0.3) is 6.08 Å². The second-order valence-electron chi connectivity index (χ2n) is 4.24. The molecule has 0 fully saturated rings. The zero-order chi connectivity index (χ0) is 11.4. The van der Waals surface area contributed by atoms with Gasteiger partial charge in [0, 0.05) is 6.04 Å². The van der Waals surface area contributed by atoms with Gasteiger partial charge in [-0.3, -0.25) is 0 Å². The molecule has 1 aromatic carbocycles. The van der Waals surface area contributed by atoms with Crippen molar-refractivity contribution in [3.8, 4) is 0 Å². The summed E-state index contributed by atoms with van der Waals surface area (Å²) in [5.74, 6) is 0. The van der Waals surface area contributed by atoms with Crippen molar-refractivity contribution >= 4 is 6.08 Å². The van der Waals surface area contributed by atoms with Crippen LogP contribution in [0, 0.1) is 13.8 Å². The Bertz CT molecular complexity index is 364. The van der Waals surface area contributed by atoms with E-state index in [2.05, 4.69) is 57.3 Å². The summed E-state index contributed by atoms with van der Waals surface area (Å²) in [4.78, 5) is 0. The van der Waals surface area contributed by atoms with Gasteiger partial charge in [-0.05, 0) is 51.4 Å². The van der Waals surface area contributed by atoms with Crippen molar-refractivity contribution in [3.05, 3.63) is 40.5 Å². The maximum Gasteiger partial charge on any atom is 0.0248 e. The number of likely N-dealkylation sites (N-methyl/N-ethyl adjacent to an activating group) is 1. The fraction of sp³-hybridized carbons (Fsp3) is 0.429. The molecule has 0 saturated carbocycles. The zero-order valence-corrected chi connectivity index (χ0v) is 10.4. The molecular formula is C14H21N. The van der Waals surface area contributed by atoms with Crippen molar-refractivity contribution in [2.24, 2.45) is 0 Å². The largest absolute Gasteiger partial charge is 0.314 e. The Morgan fingerprint density at radius 1 is 1.27 bits per heavy atom. The lowest BCUT2D eigenvalue weighted by molar-refractivity contribution is 0.696. The Morgan fingerprint density at radius 2 is 1.93 bits per heavy atom. The Balaban J connectivity index is 2.93. The normalized spacial score (nSPS) is 14.1. The molecule has 1 rings (SSSR count). The van der Waals surface area contributed by atoms with Gasteiger partial charge < -0.3 is 5.32 Å². The summed E-state index contributed by atoms with van der Waals surface area (Å²) in [6.45, 7) is 8.64. The first-order valence-corrected chi connectivity index (χ1v) is 5.47. The lowest BCUT2D eigenvalue weighted by atomic mass is 10.0. The predicted molar refractivity (Wildman–Crippen MR) is 68.1 cm³/mol. The Hall–Kier alpha value is -1.08. The molecule has 0 spiro atoms. The third-order valence-corrected chi connectivity index (χ3v) is 3.04. The molecule has 0 heterocycles. The average Bonchev–Trinajstić information content (AvgIpc) is 2.22. The van der Waals surface area contributed by atoms with E-state index in [1.54, 1.807) is 0 Å². The quantitative estimate of drug-likeness (QED) is 0.794. The van der Waals surface area contributed by atoms with Crippen LogP contribution in [0.15, 0.2) is 23.8 Å². The summed E-state index contributed by atoms with van der Waals surface area (Å²) < 4.78 is 0. The number of aryl methyl sites for hydroxylation is 2. The molecule has 0 aliphatic heterocycles. The molecule has 1 unspecified atom stereocenters. The molecule has 1 aromatic rings. The van der Waals surface area contributed by atoms with Crippen LogP contribution < -0.4 is 5.32 Å². The molecule has 1 atom stereocenters. The fourth-order valence-electron chi connectivity index (χ4n) is 1.47. The van der Waals surface area contributed by atoms with Crippen LogP contribution >= 0.6 is 0 Å².